The van der Waals surface area contributed by atoms with Crippen molar-refractivity contribution in [2.75, 3.05) is 12.8 Å². The molecule has 0 heterocycles. The summed E-state index contributed by atoms with van der Waals surface area (Å²) in [6.45, 7) is 0. The number of rotatable bonds is 4. The van der Waals surface area contributed by atoms with E-state index in [1.807, 2.05) is 24.3 Å². The quantitative estimate of drug-likeness (QED) is 0.839. The van der Waals surface area contributed by atoms with Crippen molar-refractivity contribution in [1.29, 1.82) is 0 Å². The van der Waals surface area contributed by atoms with Gasteiger partial charge in [0.15, 0.2) is 0 Å². The topological polar surface area (TPSA) is 72.5 Å². The smallest absolute Gasteiger partial charge is 0.335 e. The summed E-state index contributed by atoms with van der Waals surface area (Å²) in [5, 5.41) is 8.89. The minimum Gasteiger partial charge on any atom is -0.496 e. The molecule has 3 N–H and O–H groups in total. The number of methoxy groups -OCH3 is 1. The fourth-order valence-electron chi connectivity index (χ4n) is 1.60. The maximum atomic E-state index is 10.8. The van der Waals surface area contributed by atoms with E-state index < -0.39 is 5.97 Å². The molecular formula is C14H13NO3S. The predicted octanol–water partition coefficient (Wildman–Crippen LogP) is 3.13. The second-order valence-electron chi connectivity index (χ2n) is 3.81. The summed E-state index contributed by atoms with van der Waals surface area (Å²) in [5.74, 6) is -0.227. The van der Waals surface area contributed by atoms with Crippen LogP contribution >= 0.6 is 11.8 Å². The Morgan fingerprint density at radius 3 is 2.58 bits per heavy atom. The van der Waals surface area contributed by atoms with Crippen LogP contribution in [0.15, 0.2) is 52.3 Å². The molecular weight excluding hydrogens is 262 g/mol. The Bertz CT molecular complexity index is 613. The van der Waals surface area contributed by atoms with E-state index in [2.05, 4.69) is 0 Å². The Labute approximate surface area is 115 Å². The standard InChI is InChI=1S/C14H13NO3S/c1-18-11-4-2-3-5-13(11)19-12-7-6-9(14(16)17)8-10(12)15/h2-8H,15H2,1H3,(H,16,17). The number of ether oxygens (including phenoxy) is 1. The van der Waals surface area contributed by atoms with Gasteiger partial charge in [-0.15, -0.1) is 0 Å². The molecule has 0 aliphatic heterocycles. The third-order valence-electron chi connectivity index (χ3n) is 2.55. The van der Waals surface area contributed by atoms with Gasteiger partial charge in [-0.05, 0) is 30.3 Å². The van der Waals surface area contributed by atoms with Gasteiger partial charge in [-0.3, -0.25) is 0 Å². The molecule has 5 heteroatoms. The van der Waals surface area contributed by atoms with Crippen LogP contribution in [0.25, 0.3) is 0 Å². The van der Waals surface area contributed by atoms with Gasteiger partial charge < -0.3 is 15.6 Å². The molecule has 0 atom stereocenters. The van der Waals surface area contributed by atoms with Crippen molar-refractivity contribution in [3.63, 3.8) is 0 Å². The number of nitrogen functional groups attached to an aromatic ring is 1. The van der Waals surface area contributed by atoms with Gasteiger partial charge in [0.2, 0.25) is 0 Å². The minimum absolute atomic E-state index is 0.182. The minimum atomic E-state index is -0.986. The summed E-state index contributed by atoms with van der Waals surface area (Å²) in [6, 6.07) is 12.3. The van der Waals surface area contributed by atoms with E-state index in [1.54, 1.807) is 13.2 Å². The van der Waals surface area contributed by atoms with Crippen molar-refractivity contribution in [1.82, 2.24) is 0 Å². The molecule has 2 rings (SSSR count). The Kier molecular flexibility index (Phi) is 3.97. The molecule has 0 radical (unpaired) electrons. The van der Waals surface area contributed by atoms with Gasteiger partial charge in [0.05, 0.1) is 17.6 Å². The Balaban J connectivity index is 2.31. The van der Waals surface area contributed by atoms with Gasteiger partial charge in [-0.1, -0.05) is 23.9 Å². The van der Waals surface area contributed by atoms with Crippen LogP contribution in [0, 0.1) is 0 Å². The first-order chi connectivity index (χ1) is 9.11. The highest BCUT2D eigenvalue weighted by Crippen LogP contribution is 2.37. The predicted molar refractivity (Wildman–Crippen MR) is 74.9 cm³/mol. The van der Waals surface area contributed by atoms with Crippen molar-refractivity contribution < 1.29 is 14.6 Å². The Hall–Kier alpha value is -2.14. The molecule has 19 heavy (non-hydrogen) atoms. The van der Waals surface area contributed by atoms with E-state index in [-0.39, 0.29) is 5.56 Å². The molecule has 0 saturated carbocycles. The van der Waals surface area contributed by atoms with E-state index in [4.69, 9.17) is 15.6 Å². The number of benzene rings is 2. The molecule has 0 spiro atoms. The zero-order chi connectivity index (χ0) is 13.8. The lowest BCUT2D eigenvalue weighted by molar-refractivity contribution is 0.0697. The fourth-order valence-corrected chi connectivity index (χ4v) is 2.54. The van der Waals surface area contributed by atoms with Crippen LogP contribution < -0.4 is 10.5 Å². The van der Waals surface area contributed by atoms with Crippen LogP contribution in [-0.2, 0) is 0 Å². The number of hydrogen-bond donors (Lipinski definition) is 2. The highest BCUT2D eigenvalue weighted by Gasteiger charge is 2.09. The van der Waals surface area contributed by atoms with E-state index in [0.29, 0.717) is 5.69 Å². The lowest BCUT2D eigenvalue weighted by atomic mass is 10.2. The van der Waals surface area contributed by atoms with Crippen LogP contribution in [0.5, 0.6) is 5.75 Å². The zero-order valence-corrected chi connectivity index (χ0v) is 11.1. The molecule has 0 unspecified atom stereocenters. The molecule has 2 aromatic carbocycles. The highest BCUT2D eigenvalue weighted by molar-refractivity contribution is 7.99. The summed E-state index contributed by atoms with van der Waals surface area (Å²) < 4.78 is 5.26. The monoisotopic (exact) mass is 275 g/mol. The third-order valence-corrected chi connectivity index (χ3v) is 3.69. The summed E-state index contributed by atoms with van der Waals surface area (Å²) in [7, 11) is 1.61. The summed E-state index contributed by atoms with van der Waals surface area (Å²) >= 11 is 1.44. The maximum Gasteiger partial charge on any atom is 0.335 e. The van der Waals surface area contributed by atoms with E-state index in [9.17, 15) is 4.79 Å². The number of carboxylic acids is 1. The molecule has 2 aromatic rings. The van der Waals surface area contributed by atoms with Gasteiger partial charge in [0.1, 0.15) is 5.75 Å². The van der Waals surface area contributed by atoms with Gasteiger partial charge in [-0.25, -0.2) is 4.79 Å². The van der Waals surface area contributed by atoms with Crippen LogP contribution in [0.4, 0.5) is 5.69 Å². The van der Waals surface area contributed by atoms with Crippen LogP contribution in [0.3, 0.4) is 0 Å². The largest absolute Gasteiger partial charge is 0.496 e. The second kappa shape index (κ2) is 5.67. The number of anilines is 1. The molecule has 0 fully saturated rings. The van der Waals surface area contributed by atoms with Crippen molar-refractivity contribution in [3.8, 4) is 5.75 Å². The molecule has 0 aromatic heterocycles. The number of carbonyl (C=O) groups is 1. The van der Waals surface area contributed by atoms with Crippen LogP contribution in [0.2, 0.25) is 0 Å². The summed E-state index contributed by atoms with van der Waals surface area (Å²) in [4.78, 5) is 12.6. The second-order valence-corrected chi connectivity index (χ2v) is 4.89. The lowest BCUT2D eigenvalue weighted by Crippen LogP contribution is -1.98. The van der Waals surface area contributed by atoms with Crippen molar-refractivity contribution in [2.24, 2.45) is 0 Å². The molecule has 0 amide bonds. The summed E-state index contributed by atoms with van der Waals surface area (Å²) in [6.07, 6.45) is 0. The van der Waals surface area contributed by atoms with E-state index in [0.717, 1.165) is 15.5 Å². The van der Waals surface area contributed by atoms with Crippen molar-refractivity contribution in [3.05, 3.63) is 48.0 Å². The lowest BCUT2D eigenvalue weighted by Gasteiger charge is -2.09. The molecule has 98 valence electrons. The molecule has 0 aliphatic carbocycles. The number of nitrogens with two attached hydrogens (primary N) is 1. The van der Waals surface area contributed by atoms with E-state index in [1.165, 1.54) is 23.9 Å². The SMILES string of the molecule is COc1ccccc1Sc1ccc(C(=O)O)cc1N. The Morgan fingerprint density at radius 2 is 1.95 bits per heavy atom. The average molecular weight is 275 g/mol. The molecule has 0 bridgehead atoms. The first-order valence-corrected chi connectivity index (χ1v) is 6.37. The van der Waals surface area contributed by atoms with Crippen molar-refractivity contribution >= 4 is 23.4 Å². The maximum absolute atomic E-state index is 10.8. The number of aromatic carboxylic acids is 1. The van der Waals surface area contributed by atoms with Crippen LogP contribution in [0.1, 0.15) is 10.4 Å². The fraction of sp³-hybridized carbons (Fsp3) is 0.0714. The highest BCUT2D eigenvalue weighted by atomic mass is 32.2. The van der Waals surface area contributed by atoms with Gasteiger partial charge in [0, 0.05) is 10.6 Å². The number of carboxylic acid groups (broad SMARTS) is 1. The van der Waals surface area contributed by atoms with Gasteiger partial charge in [0.25, 0.3) is 0 Å². The molecule has 0 saturated heterocycles. The first-order valence-electron chi connectivity index (χ1n) is 5.55. The van der Waals surface area contributed by atoms with Gasteiger partial charge in [-0.2, -0.15) is 0 Å². The number of hydrogen-bond acceptors (Lipinski definition) is 4. The zero-order valence-electron chi connectivity index (χ0n) is 10.3. The van der Waals surface area contributed by atoms with Crippen molar-refractivity contribution in [2.45, 2.75) is 9.79 Å². The first kappa shape index (κ1) is 13.3. The third kappa shape index (κ3) is 3.00. The van der Waals surface area contributed by atoms with Gasteiger partial charge >= 0.3 is 5.97 Å². The normalized spacial score (nSPS) is 10.2. The summed E-state index contributed by atoms with van der Waals surface area (Å²) in [5.41, 5.74) is 6.50. The number of para-hydroxylation sites is 1. The van der Waals surface area contributed by atoms with Crippen LogP contribution in [-0.4, -0.2) is 18.2 Å². The molecule has 4 nitrogen and oxygen atoms in total. The van der Waals surface area contributed by atoms with E-state index >= 15 is 0 Å². The average Bonchev–Trinajstić information content (AvgIpc) is 2.41. The molecule has 0 aliphatic rings. The Morgan fingerprint density at radius 1 is 1.21 bits per heavy atom.